The van der Waals surface area contributed by atoms with Crippen molar-refractivity contribution < 1.29 is 0 Å². The molecule has 21 heavy (non-hydrogen) atoms. The second-order valence-corrected chi connectivity index (χ2v) is 7.81. The van der Waals surface area contributed by atoms with Crippen molar-refractivity contribution in [3.05, 3.63) is 34.9 Å². The number of hydrogen-bond acceptors (Lipinski definition) is 1. The van der Waals surface area contributed by atoms with Gasteiger partial charge in [-0.3, -0.25) is 0 Å². The Morgan fingerprint density at radius 3 is 2.14 bits per heavy atom. The maximum absolute atomic E-state index is 6.06. The molecule has 0 unspecified atom stereocenters. The molecule has 0 heterocycles. The number of halogens is 1. The van der Waals surface area contributed by atoms with Gasteiger partial charge in [0.2, 0.25) is 0 Å². The van der Waals surface area contributed by atoms with Crippen LogP contribution < -0.4 is 5.32 Å². The highest BCUT2D eigenvalue weighted by atomic mass is 35.5. The minimum atomic E-state index is 0.311. The van der Waals surface area contributed by atoms with Crippen LogP contribution >= 0.6 is 11.6 Å². The fourth-order valence-electron chi connectivity index (χ4n) is 3.97. The average Bonchev–Trinajstić information content (AvgIpc) is 2.42. The zero-order valence-electron chi connectivity index (χ0n) is 14.0. The summed E-state index contributed by atoms with van der Waals surface area (Å²) in [4.78, 5) is 0. The van der Waals surface area contributed by atoms with E-state index in [1.54, 1.807) is 0 Å². The molecule has 0 radical (unpaired) electrons. The quantitative estimate of drug-likeness (QED) is 0.709. The summed E-state index contributed by atoms with van der Waals surface area (Å²) in [7, 11) is 0. The third-order valence-corrected chi connectivity index (χ3v) is 5.65. The molecule has 118 valence electrons. The van der Waals surface area contributed by atoms with Gasteiger partial charge in [0.05, 0.1) is 0 Å². The van der Waals surface area contributed by atoms with Gasteiger partial charge in [0, 0.05) is 17.0 Å². The molecule has 1 N–H and O–H groups in total. The van der Waals surface area contributed by atoms with Crippen molar-refractivity contribution in [2.45, 2.75) is 58.8 Å². The van der Waals surface area contributed by atoms with Crippen molar-refractivity contribution in [1.29, 1.82) is 0 Å². The molecule has 1 aliphatic rings. The van der Waals surface area contributed by atoms with Crippen LogP contribution in [0.5, 0.6) is 0 Å². The molecule has 1 aromatic rings. The summed E-state index contributed by atoms with van der Waals surface area (Å²) in [6, 6.07) is 8.54. The van der Waals surface area contributed by atoms with Crippen LogP contribution in [-0.4, -0.2) is 13.1 Å². The van der Waals surface area contributed by atoms with Crippen LogP contribution in [0, 0.1) is 11.3 Å². The Morgan fingerprint density at radius 1 is 1.10 bits per heavy atom. The van der Waals surface area contributed by atoms with Gasteiger partial charge in [-0.15, -0.1) is 0 Å². The predicted molar refractivity (Wildman–Crippen MR) is 93.1 cm³/mol. The monoisotopic (exact) mass is 307 g/mol. The van der Waals surface area contributed by atoms with Crippen molar-refractivity contribution in [3.63, 3.8) is 0 Å². The number of rotatable bonds is 7. The van der Waals surface area contributed by atoms with Crippen molar-refractivity contribution in [3.8, 4) is 0 Å². The summed E-state index contributed by atoms with van der Waals surface area (Å²) in [5.74, 6) is 0.703. The molecule has 0 atom stereocenters. The lowest BCUT2D eigenvalue weighted by Crippen LogP contribution is -2.54. The topological polar surface area (TPSA) is 12.0 Å². The average molecular weight is 308 g/mol. The smallest absolute Gasteiger partial charge is 0.0406 e. The molecule has 0 amide bonds. The first-order valence-corrected chi connectivity index (χ1v) is 8.80. The van der Waals surface area contributed by atoms with E-state index in [0.29, 0.717) is 16.7 Å². The van der Waals surface area contributed by atoms with Crippen LogP contribution in [0.1, 0.15) is 58.9 Å². The molecule has 0 spiro atoms. The molecular formula is C19H30ClN. The Bertz CT molecular complexity index is 437. The van der Waals surface area contributed by atoms with E-state index in [1.165, 1.54) is 31.2 Å². The van der Waals surface area contributed by atoms with E-state index in [-0.39, 0.29) is 0 Å². The first kappa shape index (κ1) is 16.8. The summed E-state index contributed by atoms with van der Waals surface area (Å²) in [6.07, 6.45) is 5.20. The Balaban J connectivity index is 2.14. The SMILES string of the molecule is CCC1(CC)CC(CNCC(C)C)(c2ccc(Cl)cc2)C1. The molecule has 1 aromatic carbocycles. The molecule has 1 aliphatic carbocycles. The van der Waals surface area contributed by atoms with E-state index in [0.717, 1.165) is 18.1 Å². The van der Waals surface area contributed by atoms with Crippen LogP contribution in [0.3, 0.4) is 0 Å². The van der Waals surface area contributed by atoms with Gasteiger partial charge in [-0.1, -0.05) is 64.3 Å². The molecule has 2 heteroatoms. The molecule has 1 fully saturated rings. The molecule has 0 saturated heterocycles. The Hall–Kier alpha value is -0.530. The van der Waals surface area contributed by atoms with Crippen molar-refractivity contribution in [2.24, 2.45) is 11.3 Å². The van der Waals surface area contributed by atoms with Gasteiger partial charge in [-0.25, -0.2) is 0 Å². The standard InChI is InChI=1S/C19H30ClN/c1-5-18(6-2)12-19(13-18,14-21-11-15(3)4)16-7-9-17(20)10-8-16/h7-10,15,21H,5-6,11-14H2,1-4H3. The van der Waals surface area contributed by atoms with Crippen molar-refractivity contribution >= 4 is 11.6 Å². The van der Waals surface area contributed by atoms with Gasteiger partial charge in [-0.05, 0) is 48.4 Å². The predicted octanol–water partition coefficient (Wildman–Crippen LogP) is 5.42. The lowest BCUT2D eigenvalue weighted by Gasteiger charge is -2.57. The second-order valence-electron chi connectivity index (χ2n) is 7.37. The van der Waals surface area contributed by atoms with E-state index in [2.05, 4.69) is 45.1 Å². The molecule has 2 rings (SSSR count). The maximum Gasteiger partial charge on any atom is 0.0406 e. The first-order chi connectivity index (χ1) is 9.95. The Kier molecular flexibility index (Phi) is 5.38. The highest BCUT2D eigenvalue weighted by molar-refractivity contribution is 6.30. The van der Waals surface area contributed by atoms with Gasteiger partial charge in [0.1, 0.15) is 0 Å². The summed E-state index contributed by atoms with van der Waals surface area (Å²) in [5, 5.41) is 4.53. The van der Waals surface area contributed by atoms with Gasteiger partial charge < -0.3 is 5.32 Å². The number of benzene rings is 1. The minimum Gasteiger partial charge on any atom is -0.316 e. The molecule has 1 saturated carbocycles. The zero-order chi connectivity index (χ0) is 15.5. The summed E-state index contributed by atoms with van der Waals surface area (Å²) in [6.45, 7) is 11.4. The van der Waals surface area contributed by atoms with Crippen LogP contribution in [-0.2, 0) is 5.41 Å². The third kappa shape index (κ3) is 3.63. The first-order valence-electron chi connectivity index (χ1n) is 8.42. The third-order valence-electron chi connectivity index (χ3n) is 5.40. The zero-order valence-corrected chi connectivity index (χ0v) is 14.8. The normalized spacial score (nSPS) is 19.5. The number of hydrogen-bond donors (Lipinski definition) is 1. The van der Waals surface area contributed by atoms with Crippen LogP contribution in [0.15, 0.2) is 24.3 Å². The maximum atomic E-state index is 6.06. The Morgan fingerprint density at radius 2 is 1.67 bits per heavy atom. The second kappa shape index (κ2) is 6.71. The van der Waals surface area contributed by atoms with E-state index >= 15 is 0 Å². The molecule has 1 nitrogen and oxygen atoms in total. The fourth-order valence-corrected chi connectivity index (χ4v) is 4.09. The lowest BCUT2D eigenvalue weighted by atomic mass is 9.48. The highest BCUT2D eigenvalue weighted by Crippen LogP contribution is 2.59. The van der Waals surface area contributed by atoms with E-state index in [1.807, 2.05) is 12.1 Å². The summed E-state index contributed by atoms with van der Waals surface area (Å²) in [5.41, 5.74) is 2.32. The number of nitrogens with one attached hydrogen (secondary N) is 1. The van der Waals surface area contributed by atoms with Crippen LogP contribution in [0.2, 0.25) is 5.02 Å². The van der Waals surface area contributed by atoms with Crippen LogP contribution in [0.25, 0.3) is 0 Å². The van der Waals surface area contributed by atoms with Crippen LogP contribution in [0.4, 0.5) is 0 Å². The molecular weight excluding hydrogens is 278 g/mol. The van der Waals surface area contributed by atoms with Gasteiger partial charge in [-0.2, -0.15) is 0 Å². The van der Waals surface area contributed by atoms with E-state index in [4.69, 9.17) is 11.6 Å². The largest absolute Gasteiger partial charge is 0.316 e. The molecule has 0 aliphatic heterocycles. The van der Waals surface area contributed by atoms with Crippen molar-refractivity contribution in [2.75, 3.05) is 13.1 Å². The van der Waals surface area contributed by atoms with Gasteiger partial charge in [0.25, 0.3) is 0 Å². The fraction of sp³-hybridized carbons (Fsp3) is 0.684. The van der Waals surface area contributed by atoms with E-state index < -0.39 is 0 Å². The lowest BCUT2D eigenvalue weighted by molar-refractivity contribution is 0.0126. The summed E-state index contributed by atoms with van der Waals surface area (Å²) < 4.78 is 0. The van der Waals surface area contributed by atoms with E-state index in [9.17, 15) is 0 Å². The van der Waals surface area contributed by atoms with Gasteiger partial charge in [0.15, 0.2) is 0 Å². The highest BCUT2D eigenvalue weighted by Gasteiger charge is 2.52. The van der Waals surface area contributed by atoms with Crippen molar-refractivity contribution in [1.82, 2.24) is 5.32 Å². The summed E-state index contributed by atoms with van der Waals surface area (Å²) >= 11 is 6.06. The van der Waals surface area contributed by atoms with Gasteiger partial charge >= 0.3 is 0 Å². The Labute approximate surface area is 135 Å². The molecule has 0 bridgehead atoms. The molecule has 0 aromatic heterocycles. The minimum absolute atomic E-state index is 0.311.